The molecule has 0 bridgehead atoms. The van der Waals surface area contributed by atoms with E-state index in [0.29, 0.717) is 5.56 Å². The first kappa shape index (κ1) is 20.2. The number of carbonyl (C=O) groups excluding carboxylic acids is 1. The van der Waals surface area contributed by atoms with Crippen LogP contribution >= 0.6 is 0 Å². The smallest absolute Gasteiger partial charge is 0.255 e. The first-order valence-electron chi connectivity index (χ1n) is 11.3. The first-order valence-corrected chi connectivity index (χ1v) is 11.3. The van der Waals surface area contributed by atoms with E-state index in [9.17, 15) is 9.90 Å². The van der Waals surface area contributed by atoms with Gasteiger partial charge in [0.2, 0.25) is 0 Å². The molecule has 2 aliphatic rings. The molecule has 0 aromatic heterocycles. The summed E-state index contributed by atoms with van der Waals surface area (Å²) in [6, 6.07) is 27.1. The number of nitrogens with zero attached hydrogens (tertiary/aromatic N) is 1. The van der Waals surface area contributed by atoms with Crippen LogP contribution in [0.25, 0.3) is 17.2 Å². The summed E-state index contributed by atoms with van der Waals surface area (Å²) in [6.07, 6.45) is 5.90. The number of phenols is 1. The van der Waals surface area contributed by atoms with Crippen molar-refractivity contribution in [3.05, 3.63) is 119 Å². The molecule has 0 spiro atoms. The van der Waals surface area contributed by atoms with Crippen LogP contribution in [0.5, 0.6) is 5.75 Å². The third kappa shape index (κ3) is 3.80. The zero-order valence-electron chi connectivity index (χ0n) is 18.5. The van der Waals surface area contributed by atoms with Gasteiger partial charge >= 0.3 is 0 Å². The predicted molar refractivity (Wildman–Crippen MR) is 137 cm³/mol. The molecule has 0 saturated heterocycles. The summed E-state index contributed by atoms with van der Waals surface area (Å²) in [5.41, 5.74) is 10.2. The molecule has 0 atom stereocenters. The SMILES string of the molecule is O=C(Nc1ccc2c(c1)CC=C2)c1ccc(C2=Nc3ccc(-c4ccc(O)cc4)cc3C2)cc1. The number of amides is 1. The highest BCUT2D eigenvalue weighted by Gasteiger charge is 2.18. The molecular weight excluding hydrogens is 420 g/mol. The summed E-state index contributed by atoms with van der Waals surface area (Å²) in [7, 11) is 0. The summed E-state index contributed by atoms with van der Waals surface area (Å²) in [5, 5.41) is 12.5. The number of hydrogen-bond acceptors (Lipinski definition) is 3. The molecule has 4 aromatic rings. The number of aliphatic imine (C=N–C) groups is 1. The molecule has 1 amide bonds. The van der Waals surface area contributed by atoms with Gasteiger partial charge in [-0.25, -0.2) is 0 Å². The Balaban J connectivity index is 1.16. The van der Waals surface area contributed by atoms with E-state index in [1.165, 1.54) is 16.7 Å². The average molecular weight is 443 g/mol. The normalized spacial score (nSPS) is 13.4. The number of allylic oxidation sites excluding steroid dienone is 1. The fourth-order valence-electron chi connectivity index (χ4n) is 4.55. The lowest BCUT2D eigenvalue weighted by Crippen LogP contribution is -2.12. The highest BCUT2D eigenvalue weighted by atomic mass is 16.3. The fraction of sp³-hybridized carbons (Fsp3) is 0.0667. The minimum Gasteiger partial charge on any atom is -0.508 e. The van der Waals surface area contributed by atoms with Crippen LogP contribution in [-0.2, 0) is 12.8 Å². The van der Waals surface area contributed by atoms with Crippen LogP contribution in [0, 0.1) is 0 Å². The lowest BCUT2D eigenvalue weighted by atomic mass is 9.99. The summed E-state index contributed by atoms with van der Waals surface area (Å²) < 4.78 is 0. The van der Waals surface area contributed by atoms with Crippen LogP contribution in [0.4, 0.5) is 11.4 Å². The Labute approximate surface area is 197 Å². The lowest BCUT2D eigenvalue weighted by Gasteiger charge is -2.08. The van der Waals surface area contributed by atoms with Crippen molar-refractivity contribution >= 4 is 29.1 Å². The van der Waals surface area contributed by atoms with E-state index < -0.39 is 0 Å². The zero-order valence-corrected chi connectivity index (χ0v) is 18.5. The molecular formula is C30H22N2O2. The van der Waals surface area contributed by atoms with Crippen LogP contribution < -0.4 is 5.32 Å². The van der Waals surface area contributed by atoms with Crippen molar-refractivity contribution in [2.24, 2.45) is 4.99 Å². The minimum absolute atomic E-state index is 0.118. The van der Waals surface area contributed by atoms with Gasteiger partial charge in [-0.15, -0.1) is 0 Å². The molecule has 4 heteroatoms. The van der Waals surface area contributed by atoms with E-state index >= 15 is 0 Å². The van der Waals surface area contributed by atoms with Crippen LogP contribution in [-0.4, -0.2) is 16.7 Å². The Morgan fingerprint density at radius 2 is 1.56 bits per heavy atom. The molecule has 2 N–H and O–H groups in total. The monoisotopic (exact) mass is 442 g/mol. The molecule has 1 aliphatic heterocycles. The maximum Gasteiger partial charge on any atom is 0.255 e. The van der Waals surface area contributed by atoms with Crippen molar-refractivity contribution in [2.75, 3.05) is 5.32 Å². The number of rotatable bonds is 4. The van der Waals surface area contributed by atoms with Crippen molar-refractivity contribution in [3.63, 3.8) is 0 Å². The van der Waals surface area contributed by atoms with E-state index in [0.717, 1.165) is 46.6 Å². The number of hydrogen-bond donors (Lipinski definition) is 2. The van der Waals surface area contributed by atoms with Gasteiger partial charge in [0, 0.05) is 17.7 Å². The standard InChI is InChI=1S/C30H22N2O2/c33-27-13-9-20(10-14-27)24-11-15-28-25(16-24)18-29(32-28)21-4-6-22(7-5-21)30(34)31-26-12-8-19-2-1-3-23(19)17-26/h1-2,4-17,33H,3,18H2,(H,31,34). The molecule has 0 radical (unpaired) electrons. The first-order chi connectivity index (χ1) is 16.6. The molecule has 34 heavy (non-hydrogen) atoms. The van der Waals surface area contributed by atoms with Crippen molar-refractivity contribution in [3.8, 4) is 16.9 Å². The Hall–Kier alpha value is -4.44. The minimum atomic E-state index is -0.118. The zero-order chi connectivity index (χ0) is 23.1. The van der Waals surface area contributed by atoms with Crippen molar-refractivity contribution < 1.29 is 9.90 Å². The summed E-state index contributed by atoms with van der Waals surface area (Å²) in [4.78, 5) is 17.6. The molecule has 0 unspecified atom stereocenters. The topological polar surface area (TPSA) is 61.7 Å². The van der Waals surface area contributed by atoms with Crippen molar-refractivity contribution in [1.82, 2.24) is 0 Å². The molecule has 6 rings (SSSR count). The van der Waals surface area contributed by atoms with Crippen molar-refractivity contribution in [1.29, 1.82) is 0 Å². The molecule has 164 valence electrons. The van der Waals surface area contributed by atoms with E-state index in [-0.39, 0.29) is 11.7 Å². The molecule has 1 aliphatic carbocycles. The Morgan fingerprint density at radius 3 is 2.38 bits per heavy atom. The number of carbonyl (C=O) groups is 1. The number of phenolic OH excluding ortho intramolecular Hbond substituents is 1. The van der Waals surface area contributed by atoms with Gasteiger partial charge < -0.3 is 10.4 Å². The van der Waals surface area contributed by atoms with E-state index in [1.807, 2.05) is 60.7 Å². The van der Waals surface area contributed by atoms with E-state index in [1.54, 1.807) is 12.1 Å². The molecule has 0 saturated carbocycles. The van der Waals surface area contributed by atoms with Gasteiger partial charge in [0.1, 0.15) is 5.75 Å². The third-order valence-corrected chi connectivity index (χ3v) is 6.41. The van der Waals surface area contributed by atoms with Crippen LogP contribution in [0.1, 0.15) is 32.6 Å². The average Bonchev–Trinajstić information content (AvgIpc) is 3.51. The Kier molecular flexibility index (Phi) is 4.84. The van der Waals surface area contributed by atoms with Crippen LogP contribution in [0.2, 0.25) is 0 Å². The highest BCUT2D eigenvalue weighted by molar-refractivity contribution is 6.08. The fourth-order valence-corrected chi connectivity index (χ4v) is 4.55. The quantitative estimate of drug-likeness (QED) is 0.376. The maximum absolute atomic E-state index is 12.7. The van der Waals surface area contributed by atoms with E-state index in [2.05, 4.69) is 29.6 Å². The number of nitrogens with one attached hydrogen (secondary N) is 1. The van der Waals surface area contributed by atoms with Gasteiger partial charge in [0.15, 0.2) is 0 Å². The maximum atomic E-state index is 12.7. The van der Waals surface area contributed by atoms with Crippen LogP contribution in [0.15, 0.2) is 96.0 Å². The van der Waals surface area contributed by atoms with Gasteiger partial charge in [0.25, 0.3) is 5.91 Å². The predicted octanol–water partition coefficient (Wildman–Crippen LogP) is 6.56. The summed E-state index contributed by atoms with van der Waals surface area (Å²) in [6.45, 7) is 0. The van der Waals surface area contributed by atoms with Crippen LogP contribution in [0.3, 0.4) is 0 Å². The highest BCUT2D eigenvalue weighted by Crippen LogP contribution is 2.33. The van der Waals surface area contributed by atoms with Gasteiger partial charge in [0.05, 0.1) is 11.4 Å². The Bertz CT molecular complexity index is 1480. The number of anilines is 1. The molecule has 0 fully saturated rings. The lowest BCUT2D eigenvalue weighted by molar-refractivity contribution is 0.102. The van der Waals surface area contributed by atoms with Gasteiger partial charge in [-0.3, -0.25) is 9.79 Å². The van der Waals surface area contributed by atoms with E-state index in [4.69, 9.17) is 4.99 Å². The number of aromatic hydroxyl groups is 1. The largest absolute Gasteiger partial charge is 0.508 e. The van der Waals surface area contributed by atoms with Gasteiger partial charge in [-0.2, -0.15) is 0 Å². The summed E-state index contributed by atoms with van der Waals surface area (Å²) in [5.74, 6) is 0.143. The Morgan fingerprint density at radius 1 is 0.794 bits per heavy atom. The van der Waals surface area contributed by atoms with Gasteiger partial charge in [-0.05, 0) is 88.3 Å². The molecule has 1 heterocycles. The second-order valence-electron chi connectivity index (χ2n) is 8.68. The second kappa shape index (κ2) is 8.16. The third-order valence-electron chi connectivity index (χ3n) is 6.41. The van der Waals surface area contributed by atoms with Gasteiger partial charge in [-0.1, -0.05) is 48.6 Å². The second-order valence-corrected chi connectivity index (χ2v) is 8.68. The molecule has 4 nitrogen and oxygen atoms in total. The number of fused-ring (bicyclic) bond motifs is 2. The number of benzene rings is 4. The molecule has 4 aromatic carbocycles. The van der Waals surface area contributed by atoms with Crippen molar-refractivity contribution in [2.45, 2.75) is 12.8 Å². The summed E-state index contributed by atoms with van der Waals surface area (Å²) >= 11 is 0.